The molecule has 2 aromatic carbocycles. The lowest BCUT2D eigenvalue weighted by Gasteiger charge is -2.12. The van der Waals surface area contributed by atoms with Gasteiger partial charge < -0.3 is 5.32 Å². The van der Waals surface area contributed by atoms with Crippen molar-refractivity contribution in [1.29, 1.82) is 0 Å². The van der Waals surface area contributed by atoms with Gasteiger partial charge >= 0.3 is 0 Å². The first-order valence-corrected chi connectivity index (χ1v) is 9.05. The molecule has 1 aliphatic heterocycles. The van der Waals surface area contributed by atoms with Crippen LogP contribution in [0.3, 0.4) is 0 Å². The summed E-state index contributed by atoms with van der Waals surface area (Å²) in [5, 5.41) is 3.84. The predicted octanol–water partition coefficient (Wildman–Crippen LogP) is 4.97. The van der Waals surface area contributed by atoms with E-state index < -0.39 is 0 Å². The first-order chi connectivity index (χ1) is 11.9. The predicted molar refractivity (Wildman–Crippen MR) is 104 cm³/mol. The van der Waals surface area contributed by atoms with Crippen LogP contribution < -0.4 is 5.32 Å². The summed E-state index contributed by atoms with van der Waals surface area (Å²) in [5.74, 6) is -0.761. The first kappa shape index (κ1) is 18.0. The third-order valence-corrected chi connectivity index (χ3v) is 4.82. The molecule has 4 nitrogen and oxygen atoms in total. The van der Waals surface area contributed by atoms with Crippen molar-refractivity contribution in [3.63, 3.8) is 0 Å². The highest BCUT2D eigenvalue weighted by molar-refractivity contribution is 9.10. The van der Waals surface area contributed by atoms with Crippen LogP contribution in [0.15, 0.2) is 52.6 Å². The SMILES string of the molecule is CCN1C(=O)C(Nc2cccc(Br)c2)=C(c2ccc(Cl)cc2Cl)C1=O. The lowest BCUT2D eigenvalue weighted by Crippen LogP contribution is -2.32. The van der Waals surface area contributed by atoms with E-state index in [1.54, 1.807) is 25.1 Å². The summed E-state index contributed by atoms with van der Waals surface area (Å²) in [6, 6.07) is 12.2. The van der Waals surface area contributed by atoms with Crippen LogP contribution in [0.4, 0.5) is 5.69 Å². The minimum atomic E-state index is -0.381. The second kappa shape index (κ2) is 7.20. The fraction of sp³-hybridized carbons (Fsp3) is 0.111. The van der Waals surface area contributed by atoms with Gasteiger partial charge in [0.05, 0.1) is 10.6 Å². The van der Waals surface area contributed by atoms with Crippen LogP contribution in [-0.2, 0) is 9.59 Å². The van der Waals surface area contributed by atoms with Gasteiger partial charge in [0.25, 0.3) is 11.8 Å². The normalized spacial score (nSPS) is 14.5. The van der Waals surface area contributed by atoms with Crippen molar-refractivity contribution in [3.8, 4) is 0 Å². The van der Waals surface area contributed by atoms with Crippen molar-refractivity contribution in [1.82, 2.24) is 4.90 Å². The van der Waals surface area contributed by atoms with E-state index in [0.29, 0.717) is 21.3 Å². The number of imide groups is 1. The lowest BCUT2D eigenvalue weighted by atomic mass is 10.0. The van der Waals surface area contributed by atoms with Crippen LogP contribution in [0.1, 0.15) is 12.5 Å². The molecule has 1 N–H and O–H groups in total. The van der Waals surface area contributed by atoms with Gasteiger partial charge in [-0.15, -0.1) is 0 Å². The maximum absolute atomic E-state index is 12.8. The lowest BCUT2D eigenvalue weighted by molar-refractivity contribution is -0.136. The molecule has 1 heterocycles. The molecule has 0 saturated carbocycles. The summed E-state index contributed by atoms with van der Waals surface area (Å²) in [4.78, 5) is 26.6. The quantitative estimate of drug-likeness (QED) is 0.684. The molecule has 2 amide bonds. The summed E-state index contributed by atoms with van der Waals surface area (Å²) >= 11 is 15.6. The molecule has 1 aliphatic rings. The molecule has 128 valence electrons. The average Bonchev–Trinajstić information content (AvgIpc) is 2.78. The van der Waals surface area contributed by atoms with Crippen molar-refractivity contribution >= 4 is 62.2 Å². The number of hydrogen-bond acceptors (Lipinski definition) is 3. The Labute approximate surface area is 163 Å². The van der Waals surface area contributed by atoms with Crippen molar-refractivity contribution < 1.29 is 9.59 Å². The number of hydrogen-bond donors (Lipinski definition) is 1. The molecule has 2 aromatic rings. The van der Waals surface area contributed by atoms with Crippen LogP contribution in [0.25, 0.3) is 5.57 Å². The minimum absolute atomic E-state index is 0.203. The zero-order valence-corrected chi connectivity index (χ0v) is 16.2. The number of anilines is 1. The van der Waals surface area contributed by atoms with Crippen molar-refractivity contribution in [2.75, 3.05) is 11.9 Å². The molecule has 0 bridgehead atoms. The summed E-state index contributed by atoms with van der Waals surface area (Å²) in [6.45, 7) is 2.02. The molecule has 0 spiro atoms. The van der Waals surface area contributed by atoms with Gasteiger partial charge in [0, 0.05) is 27.3 Å². The Morgan fingerprint density at radius 1 is 1.08 bits per heavy atom. The van der Waals surface area contributed by atoms with Crippen LogP contribution in [0.2, 0.25) is 10.0 Å². The molecule has 0 aliphatic carbocycles. The second-order valence-corrected chi connectivity index (χ2v) is 7.12. The van der Waals surface area contributed by atoms with E-state index >= 15 is 0 Å². The first-order valence-electron chi connectivity index (χ1n) is 7.51. The Morgan fingerprint density at radius 2 is 1.84 bits per heavy atom. The van der Waals surface area contributed by atoms with Crippen molar-refractivity contribution in [3.05, 3.63) is 68.2 Å². The van der Waals surface area contributed by atoms with Crippen molar-refractivity contribution in [2.24, 2.45) is 0 Å². The third kappa shape index (κ3) is 3.45. The Morgan fingerprint density at radius 3 is 2.48 bits per heavy atom. The van der Waals surface area contributed by atoms with Gasteiger partial charge in [-0.25, -0.2) is 0 Å². The molecule has 25 heavy (non-hydrogen) atoms. The maximum atomic E-state index is 12.8. The molecule has 3 rings (SSSR count). The number of benzene rings is 2. The van der Waals surface area contributed by atoms with Crippen LogP contribution in [-0.4, -0.2) is 23.3 Å². The number of likely N-dealkylation sites (N-methyl/N-ethyl adjacent to an activating group) is 1. The van der Waals surface area contributed by atoms with Crippen LogP contribution in [0.5, 0.6) is 0 Å². The molecule has 0 atom stereocenters. The van der Waals surface area contributed by atoms with Crippen LogP contribution >= 0.6 is 39.1 Å². The smallest absolute Gasteiger partial charge is 0.278 e. The largest absolute Gasteiger partial charge is 0.350 e. The fourth-order valence-corrected chi connectivity index (χ4v) is 3.53. The van der Waals surface area contributed by atoms with Crippen molar-refractivity contribution in [2.45, 2.75) is 6.92 Å². The van der Waals surface area contributed by atoms with E-state index in [1.807, 2.05) is 24.3 Å². The van der Waals surface area contributed by atoms with E-state index in [2.05, 4.69) is 21.2 Å². The van der Waals surface area contributed by atoms with Gasteiger partial charge in [-0.05, 0) is 37.3 Å². The monoisotopic (exact) mass is 438 g/mol. The highest BCUT2D eigenvalue weighted by Gasteiger charge is 2.39. The number of halogens is 3. The highest BCUT2D eigenvalue weighted by Crippen LogP contribution is 2.35. The third-order valence-electron chi connectivity index (χ3n) is 3.78. The van der Waals surface area contributed by atoms with E-state index in [4.69, 9.17) is 23.2 Å². The van der Waals surface area contributed by atoms with Gasteiger partial charge in [-0.3, -0.25) is 14.5 Å². The number of carbonyl (C=O) groups is 2. The van der Waals surface area contributed by atoms with E-state index in [0.717, 1.165) is 4.47 Å². The number of amides is 2. The average molecular weight is 440 g/mol. The number of nitrogens with zero attached hydrogens (tertiary/aromatic N) is 1. The van der Waals surface area contributed by atoms with Gasteiger partial charge in [-0.2, -0.15) is 0 Å². The molecule has 7 heteroatoms. The molecule has 0 saturated heterocycles. The molecule has 0 radical (unpaired) electrons. The molecular weight excluding hydrogens is 427 g/mol. The highest BCUT2D eigenvalue weighted by atomic mass is 79.9. The Bertz CT molecular complexity index is 912. The van der Waals surface area contributed by atoms with E-state index in [9.17, 15) is 9.59 Å². The number of carbonyl (C=O) groups excluding carboxylic acids is 2. The summed E-state index contributed by atoms with van der Waals surface area (Å²) < 4.78 is 0.855. The molecule has 0 fully saturated rings. The van der Waals surface area contributed by atoms with Gasteiger partial charge in [0.1, 0.15) is 5.70 Å². The second-order valence-electron chi connectivity index (χ2n) is 5.36. The Kier molecular flexibility index (Phi) is 5.18. The number of rotatable bonds is 4. The van der Waals surface area contributed by atoms with E-state index in [1.165, 1.54) is 4.90 Å². The van der Waals surface area contributed by atoms with E-state index in [-0.39, 0.29) is 29.6 Å². The Balaban J connectivity index is 2.14. The zero-order chi connectivity index (χ0) is 18.1. The number of nitrogens with one attached hydrogen (secondary N) is 1. The maximum Gasteiger partial charge on any atom is 0.278 e. The molecule has 0 unspecified atom stereocenters. The Hall–Kier alpha value is -1.82. The van der Waals surface area contributed by atoms with Crippen LogP contribution in [0, 0.1) is 0 Å². The summed E-state index contributed by atoms with van der Waals surface area (Å²) in [6.07, 6.45) is 0. The van der Waals surface area contributed by atoms with Gasteiger partial charge in [0.15, 0.2) is 0 Å². The van der Waals surface area contributed by atoms with Gasteiger partial charge in [-0.1, -0.05) is 51.3 Å². The zero-order valence-electron chi connectivity index (χ0n) is 13.1. The van der Waals surface area contributed by atoms with Gasteiger partial charge in [0.2, 0.25) is 0 Å². The minimum Gasteiger partial charge on any atom is -0.350 e. The summed E-state index contributed by atoms with van der Waals surface area (Å²) in [5.41, 5.74) is 1.60. The standard InChI is InChI=1S/C18H13BrCl2N2O2/c1-2-23-17(24)15(13-7-6-11(20)9-14(13)21)16(18(23)25)22-12-5-3-4-10(19)8-12/h3-9,22H,2H2,1H3. The topological polar surface area (TPSA) is 49.4 Å². The molecular formula is C18H13BrCl2N2O2. The fourth-order valence-electron chi connectivity index (χ4n) is 2.63. The summed E-state index contributed by atoms with van der Waals surface area (Å²) in [7, 11) is 0. The molecule has 0 aromatic heterocycles.